The summed E-state index contributed by atoms with van der Waals surface area (Å²) in [7, 11) is 0. The van der Waals surface area contributed by atoms with Gasteiger partial charge in [0.2, 0.25) is 5.91 Å². The summed E-state index contributed by atoms with van der Waals surface area (Å²) in [6.45, 7) is 2.45. The Morgan fingerprint density at radius 3 is 2.54 bits per heavy atom. The molecule has 1 saturated heterocycles. The van der Waals surface area contributed by atoms with Crippen LogP contribution in [0, 0.1) is 0 Å². The van der Waals surface area contributed by atoms with Crippen LogP contribution in [0.1, 0.15) is 10.8 Å². The van der Waals surface area contributed by atoms with Gasteiger partial charge in [-0.25, -0.2) is 9.97 Å². The average Bonchev–Trinajstić information content (AvgIpc) is 2.73. The molecule has 6 heteroatoms. The van der Waals surface area contributed by atoms with E-state index in [0.717, 1.165) is 21.5 Å². The highest BCUT2D eigenvalue weighted by atomic mass is 32.2. The van der Waals surface area contributed by atoms with E-state index in [4.69, 9.17) is 4.74 Å². The summed E-state index contributed by atoms with van der Waals surface area (Å²) < 4.78 is 5.39. The number of carbonyl (C=O) groups is 1. The van der Waals surface area contributed by atoms with Gasteiger partial charge in [0, 0.05) is 18.5 Å². The average molecular weight is 365 g/mol. The fraction of sp³-hybridized carbons (Fsp3) is 0.250. The predicted molar refractivity (Wildman–Crippen MR) is 102 cm³/mol. The Bertz CT molecular complexity index is 892. The number of aromatic nitrogens is 2. The Morgan fingerprint density at radius 1 is 1.00 bits per heavy atom. The third-order valence-electron chi connectivity index (χ3n) is 4.39. The maximum atomic E-state index is 13.2. The van der Waals surface area contributed by atoms with Crippen LogP contribution in [0.2, 0.25) is 0 Å². The fourth-order valence-corrected chi connectivity index (χ4v) is 4.20. The molecule has 1 fully saturated rings. The Hall–Kier alpha value is -2.44. The number of ether oxygens (including phenoxy) is 1. The summed E-state index contributed by atoms with van der Waals surface area (Å²) >= 11 is 1.49. The Labute approximate surface area is 156 Å². The summed E-state index contributed by atoms with van der Waals surface area (Å²) in [5, 5.41) is 1.45. The second kappa shape index (κ2) is 7.85. The van der Waals surface area contributed by atoms with Gasteiger partial charge >= 0.3 is 0 Å². The molecule has 0 spiro atoms. The van der Waals surface area contributed by atoms with E-state index in [1.54, 1.807) is 6.33 Å². The molecule has 2 heterocycles. The SMILES string of the molecule is O=C(C(Sc1ncnc2ccccc12)c1ccccc1)N1CCOCC1. The number of rotatable bonds is 4. The van der Waals surface area contributed by atoms with E-state index in [2.05, 4.69) is 9.97 Å². The van der Waals surface area contributed by atoms with Crippen LogP contribution in [0.15, 0.2) is 66.0 Å². The van der Waals surface area contributed by atoms with Gasteiger partial charge in [0.15, 0.2) is 0 Å². The molecule has 3 aromatic rings. The highest BCUT2D eigenvalue weighted by molar-refractivity contribution is 8.00. The summed E-state index contributed by atoms with van der Waals surface area (Å²) in [6.07, 6.45) is 1.56. The van der Waals surface area contributed by atoms with Gasteiger partial charge in [0.1, 0.15) is 16.6 Å². The number of hydrogen-bond donors (Lipinski definition) is 0. The van der Waals surface area contributed by atoms with Crippen molar-refractivity contribution in [3.05, 3.63) is 66.5 Å². The second-order valence-corrected chi connectivity index (χ2v) is 7.14. The van der Waals surface area contributed by atoms with Gasteiger partial charge < -0.3 is 9.64 Å². The van der Waals surface area contributed by atoms with Crippen molar-refractivity contribution in [1.82, 2.24) is 14.9 Å². The van der Waals surface area contributed by atoms with Crippen molar-refractivity contribution in [2.45, 2.75) is 10.3 Å². The van der Waals surface area contributed by atoms with Gasteiger partial charge in [-0.2, -0.15) is 0 Å². The molecule has 0 radical (unpaired) electrons. The molecule has 1 aliphatic heterocycles. The van der Waals surface area contributed by atoms with E-state index >= 15 is 0 Å². The number of thioether (sulfide) groups is 1. The number of hydrogen-bond acceptors (Lipinski definition) is 5. The number of amides is 1. The largest absolute Gasteiger partial charge is 0.378 e. The van der Waals surface area contributed by atoms with Crippen LogP contribution in [0.5, 0.6) is 0 Å². The highest BCUT2D eigenvalue weighted by Crippen LogP contribution is 2.38. The lowest BCUT2D eigenvalue weighted by atomic mass is 10.1. The normalized spacial score (nSPS) is 15.8. The second-order valence-electron chi connectivity index (χ2n) is 6.04. The molecule has 1 amide bonds. The Balaban J connectivity index is 1.69. The molecule has 4 rings (SSSR count). The zero-order valence-electron chi connectivity index (χ0n) is 14.2. The molecule has 1 atom stereocenters. The van der Waals surface area contributed by atoms with Crippen LogP contribution in [-0.4, -0.2) is 47.1 Å². The summed E-state index contributed by atoms with van der Waals surface area (Å²) in [5.74, 6) is 0.104. The van der Waals surface area contributed by atoms with Crippen LogP contribution in [0.4, 0.5) is 0 Å². The maximum absolute atomic E-state index is 13.2. The van der Waals surface area contributed by atoms with Crippen molar-refractivity contribution < 1.29 is 9.53 Å². The minimum absolute atomic E-state index is 0.104. The van der Waals surface area contributed by atoms with Crippen molar-refractivity contribution in [2.24, 2.45) is 0 Å². The van der Waals surface area contributed by atoms with Crippen LogP contribution >= 0.6 is 11.8 Å². The van der Waals surface area contributed by atoms with Crippen molar-refractivity contribution in [1.29, 1.82) is 0 Å². The Kier molecular flexibility index (Phi) is 5.13. The van der Waals surface area contributed by atoms with Gasteiger partial charge in [-0.1, -0.05) is 60.3 Å². The molecular formula is C20H19N3O2S. The highest BCUT2D eigenvalue weighted by Gasteiger charge is 2.29. The standard InChI is InChI=1S/C20H19N3O2S/c24-20(23-10-12-25-13-11-23)18(15-6-2-1-3-7-15)26-19-16-8-4-5-9-17(16)21-14-22-19/h1-9,14,18H,10-13H2. The van der Waals surface area contributed by atoms with E-state index in [9.17, 15) is 4.79 Å². The number of benzene rings is 2. The number of fused-ring (bicyclic) bond motifs is 1. The van der Waals surface area contributed by atoms with Gasteiger partial charge in [0.05, 0.1) is 18.7 Å². The molecule has 0 bridgehead atoms. The third kappa shape index (κ3) is 3.57. The van der Waals surface area contributed by atoms with Crippen molar-refractivity contribution in [3.8, 4) is 0 Å². The van der Waals surface area contributed by atoms with Crippen LogP contribution in [0.25, 0.3) is 10.9 Å². The van der Waals surface area contributed by atoms with Crippen molar-refractivity contribution >= 4 is 28.6 Å². The summed E-state index contributed by atoms with van der Waals surface area (Å²) in [5.41, 5.74) is 1.87. The lowest BCUT2D eigenvalue weighted by Gasteiger charge is -2.30. The molecular weight excluding hydrogens is 346 g/mol. The van der Waals surface area contributed by atoms with E-state index in [-0.39, 0.29) is 11.2 Å². The van der Waals surface area contributed by atoms with Crippen LogP contribution in [0.3, 0.4) is 0 Å². The van der Waals surface area contributed by atoms with Crippen LogP contribution in [-0.2, 0) is 9.53 Å². The minimum atomic E-state index is -0.340. The first kappa shape index (κ1) is 17.0. The van der Waals surface area contributed by atoms with E-state index < -0.39 is 0 Å². The zero-order chi connectivity index (χ0) is 17.8. The van der Waals surface area contributed by atoms with Crippen LogP contribution < -0.4 is 0 Å². The number of carbonyl (C=O) groups excluding carboxylic acids is 1. The van der Waals surface area contributed by atoms with Crippen molar-refractivity contribution in [2.75, 3.05) is 26.3 Å². The van der Waals surface area contributed by atoms with Crippen molar-refractivity contribution in [3.63, 3.8) is 0 Å². The van der Waals surface area contributed by atoms with E-state index in [1.807, 2.05) is 59.5 Å². The first-order valence-electron chi connectivity index (χ1n) is 8.61. The van der Waals surface area contributed by atoms with E-state index in [0.29, 0.717) is 26.3 Å². The first-order chi connectivity index (χ1) is 12.8. The van der Waals surface area contributed by atoms with Gasteiger partial charge in [-0.15, -0.1) is 0 Å². The first-order valence-corrected chi connectivity index (χ1v) is 9.49. The molecule has 0 saturated carbocycles. The summed E-state index contributed by atoms with van der Waals surface area (Å²) in [4.78, 5) is 23.9. The number of para-hydroxylation sites is 1. The molecule has 1 aromatic heterocycles. The molecule has 26 heavy (non-hydrogen) atoms. The number of morpholine rings is 1. The smallest absolute Gasteiger partial charge is 0.240 e. The molecule has 0 N–H and O–H groups in total. The lowest BCUT2D eigenvalue weighted by Crippen LogP contribution is -2.42. The van der Waals surface area contributed by atoms with Gasteiger partial charge in [-0.3, -0.25) is 4.79 Å². The third-order valence-corrected chi connectivity index (χ3v) is 5.64. The minimum Gasteiger partial charge on any atom is -0.378 e. The molecule has 1 unspecified atom stereocenters. The Morgan fingerprint density at radius 2 is 1.73 bits per heavy atom. The molecule has 132 valence electrons. The topological polar surface area (TPSA) is 55.3 Å². The molecule has 0 aliphatic carbocycles. The molecule has 5 nitrogen and oxygen atoms in total. The molecule has 2 aromatic carbocycles. The molecule has 1 aliphatic rings. The predicted octanol–water partition coefficient (Wildman–Crippen LogP) is 3.32. The van der Waals surface area contributed by atoms with E-state index in [1.165, 1.54) is 11.8 Å². The monoisotopic (exact) mass is 365 g/mol. The zero-order valence-corrected chi connectivity index (χ0v) is 15.1. The van der Waals surface area contributed by atoms with Gasteiger partial charge in [-0.05, 0) is 11.6 Å². The number of nitrogens with zero attached hydrogens (tertiary/aromatic N) is 3. The quantitative estimate of drug-likeness (QED) is 0.524. The fourth-order valence-electron chi connectivity index (χ4n) is 3.02. The maximum Gasteiger partial charge on any atom is 0.240 e. The van der Waals surface area contributed by atoms with Gasteiger partial charge in [0.25, 0.3) is 0 Å². The summed E-state index contributed by atoms with van der Waals surface area (Å²) in [6, 6.07) is 17.8. The lowest BCUT2D eigenvalue weighted by molar-refractivity contribution is -0.134.